The molecule has 20 heavy (non-hydrogen) atoms. The van der Waals surface area contributed by atoms with Crippen molar-refractivity contribution >= 4 is 23.8 Å². The summed E-state index contributed by atoms with van der Waals surface area (Å²) >= 11 is 0. The number of aromatic carboxylic acids is 1. The van der Waals surface area contributed by atoms with Crippen molar-refractivity contribution in [3.8, 4) is 0 Å². The van der Waals surface area contributed by atoms with Crippen LogP contribution in [0.1, 0.15) is 21.9 Å². The molecule has 102 valence electrons. The Bertz CT molecular complexity index is 656. The van der Waals surface area contributed by atoms with Crippen LogP contribution in [0, 0.1) is 6.92 Å². The first-order valence-corrected chi connectivity index (χ1v) is 5.79. The van der Waals surface area contributed by atoms with Crippen molar-refractivity contribution in [2.24, 2.45) is 0 Å². The van der Waals surface area contributed by atoms with Gasteiger partial charge in [-0.3, -0.25) is 4.79 Å². The first-order chi connectivity index (χ1) is 9.54. The number of aryl methyl sites for hydroxylation is 1. The molecule has 0 saturated heterocycles. The lowest BCUT2D eigenvalue weighted by Crippen LogP contribution is -2.09. The van der Waals surface area contributed by atoms with E-state index in [0.29, 0.717) is 5.76 Å². The Morgan fingerprint density at radius 2 is 2.10 bits per heavy atom. The van der Waals surface area contributed by atoms with E-state index in [2.05, 4.69) is 10.3 Å². The number of hydrogen-bond acceptors (Lipinski definition) is 4. The van der Waals surface area contributed by atoms with E-state index in [0.717, 1.165) is 5.76 Å². The van der Waals surface area contributed by atoms with Gasteiger partial charge in [0.1, 0.15) is 17.3 Å². The van der Waals surface area contributed by atoms with Crippen molar-refractivity contribution in [2.45, 2.75) is 6.92 Å². The molecule has 6 nitrogen and oxygen atoms in total. The minimum atomic E-state index is -1.07. The zero-order valence-electron chi connectivity index (χ0n) is 10.7. The molecule has 0 radical (unpaired) electrons. The molecule has 6 heteroatoms. The highest BCUT2D eigenvalue weighted by atomic mass is 16.4. The first-order valence-electron chi connectivity index (χ1n) is 5.79. The molecule has 0 unspecified atom stereocenters. The summed E-state index contributed by atoms with van der Waals surface area (Å²) in [7, 11) is 0. The Labute approximate surface area is 114 Å². The van der Waals surface area contributed by atoms with Crippen molar-refractivity contribution < 1.29 is 19.1 Å². The summed E-state index contributed by atoms with van der Waals surface area (Å²) in [6.07, 6.45) is 4.02. The summed E-state index contributed by atoms with van der Waals surface area (Å²) in [6.45, 7) is 1.81. The lowest BCUT2D eigenvalue weighted by atomic mass is 10.3. The van der Waals surface area contributed by atoms with Crippen LogP contribution in [0.3, 0.4) is 0 Å². The number of nitrogens with one attached hydrogen (secondary N) is 1. The van der Waals surface area contributed by atoms with Crippen molar-refractivity contribution in [3.63, 3.8) is 0 Å². The summed E-state index contributed by atoms with van der Waals surface area (Å²) in [4.78, 5) is 26.1. The molecule has 0 aliphatic heterocycles. The van der Waals surface area contributed by atoms with Gasteiger partial charge < -0.3 is 14.8 Å². The lowest BCUT2D eigenvalue weighted by molar-refractivity contribution is -0.111. The number of pyridine rings is 1. The largest absolute Gasteiger partial charge is 0.478 e. The van der Waals surface area contributed by atoms with Crippen LogP contribution in [0.4, 0.5) is 5.82 Å². The second-order valence-electron chi connectivity index (χ2n) is 4.01. The maximum atomic E-state index is 11.6. The maximum Gasteiger partial charge on any atom is 0.337 e. The normalized spacial score (nSPS) is 10.7. The third-order valence-corrected chi connectivity index (χ3v) is 2.42. The summed E-state index contributed by atoms with van der Waals surface area (Å²) in [6, 6.07) is 6.33. The Kier molecular flexibility index (Phi) is 3.95. The van der Waals surface area contributed by atoms with Gasteiger partial charge in [0, 0.05) is 12.3 Å². The van der Waals surface area contributed by atoms with E-state index in [1.807, 2.05) is 6.92 Å². The van der Waals surface area contributed by atoms with E-state index in [-0.39, 0.29) is 17.3 Å². The Morgan fingerprint density at radius 1 is 1.30 bits per heavy atom. The van der Waals surface area contributed by atoms with Crippen molar-refractivity contribution in [2.75, 3.05) is 5.32 Å². The van der Waals surface area contributed by atoms with Gasteiger partial charge in [0.25, 0.3) is 0 Å². The minimum absolute atomic E-state index is 0.0598. The number of carbonyl (C=O) groups excluding carboxylic acids is 1. The lowest BCUT2D eigenvalue weighted by Gasteiger charge is -2.00. The Morgan fingerprint density at radius 3 is 2.65 bits per heavy atom. The fourth-order valence-electron chi connectivity index (χ4n) is 1.46. The molecule has 0 spiro atoms. The Hall–Kier alpha value is -2.89. The summed E-state index contributed by atoms with van der Waals surface area (Å²) in [5, 5.41) is 11.2. The van der Waals surface area contributed by atoms with Gasteiger partial charge in [-0.25, -0.2) is 9.78 Å². The number of carboxylic acid groups (broad SMARTS) is 1. The predicted octanol–water partition coefficient (Wildman–Crippen LogP) is 2.33. The summed E-state index contributed by atoms with van der Waals surface area (Å²) < 4.78 is 5.28. The van der Waals surface area contributed by atoms with Gasteiger partial charge in [-0.1, -0.05) is 0 Å². The van der Waals surface area contributed by atoms with Crippen molar-refractivity contribution in [3.05, 3.63) is 53.6 Å². The van der Waals surface area contributed by atoms with Gasteiger partial charge in [-0.2, -0.15) is 0 Å². The van der Waals surface area contributed by atoms with E-state index in [1.54, 1.807) is 12.1 Å². The zero-order chi connectivity index (χ0) is 14.5. The predicted molar refractivity (Wildman–Crippen MR) is 72.3 cm³/mol. The standard InChI is InChI=1S/C14H12N2O4/c1-9-2-4-11(20-9)5-7-13(17)16-12-6-3-10(8-15-12)14(18)19/h2-8H,1H3,(H,18,19)(H,15,16,17)/b7-5+. The second-order valence-corrected chi connectivity index (χ2v) is 4.01. The molecule has 0 aromatic carbocycles. The molecular weight excluding hydrogens is 260 g/mol. The topological polar surface area (TPSA) is 92.4 Å². The third kappa shape index (κ3) is 3.55. The minimum Gasteiger partial charge on any atom is -0.478 e. The highest BCUT2D eigenvalue weighted by Crippen LogP contribution is 2.09. The number of carboxylic acids is 1. The molecule has 1 amide bonds. The molecule has 0 fully saturated rings. The van der Waals surface area contributed by atoms with Crippen LogP contribution in [-0.4, -0.2) is 22.0 Å². The molecule has 2 aromatic heterocycles. The summed E-state index contributed by atoms with van der Waals surface area (Å²) in [5.74, 6) is 0.168. The van der Waals surface area contributed by atoms with E-state index in [1.165, 1.54) is 30.5 Å². The molecular formula is C14H12N2O4. The van der Waals surface area contributed by atoms with Crippen LogP contribution in [0.5, 0.6) is 0 Å². The van der Waals surface area contributed by atoms with Gasteiger partial charge in [-0.05, 0) is 37.3 Å². The fraction of sp³-hybridized carbons (Fsp3) is 0.0714. The van der Waals surface area contributed by atoms with Gasteiger partial charge in [0.05, 0.1) is 5.56 Å². The second kappa shape index (κ2) is 5.83. The van der Waals surface area contributed by atoms with E-state index in [4.69, 9.17) is 9.52 Å². The average molecular weight is 272 g/mol. The van der Waals surface area contributed by atoms with Gasteiger partial charge in [0.2, 0.25) is 5.91 Å². The number of anilines is 1. The van der Waals surface area contributed by atoms with Crippen molar-refractivity contribution in [1.29, 1.82) is 0 Å². The molecule has 0 bridgehead atoms. The van der Waals surface area contributed by atoms with Gasteiger partial charge >= 0.3 is 5.97 Å². The number of hydrogen-bond donors (Lipinski definition) is 2. The van der Waals surface area contributed by atoms with Crippen LogP contribution >= 0.6 is 0 Å². The fourth-order valence-corrected chi connectivity index (χ4v) is 1.46. The van der Waals surface area contributed by atoms with Crippen LogP contribution in [-0.2, 0) is 4.79 Å². The molecule has 2 heterocycles. The number of carbonyl (C=O) groups is 2. The first kappa shape index (κ1) is 13.5. The van der Waals surface area contributed by atoms with Crippen LogP contribution in [0.15, 0.2) is 41.0 Å². The van der Waals surface area contributed by atoms with Gasteiger partial charge in [-0.15, -0.1) is 0 Å². The average Bonchev–Trinajstić information content (AvgIpc) is 2.83. The molecule has 2 aromatic rings. The number of aromatic nitrogens is 1. The van der Waals surface area contributed by atoms with Crippen molar-refractivity contribution in [1.82, 2.24) is 4.98 Å². The monoisotopic (exact) mass is 272 g/mol. The SMILES string of the molecule is Cc1ccc(/C=C/C(=O)Nc2ccc(C(=O)O)cn2)o1. The highest BCUT2D eigenvalue weighted by Gasteiger charge is 2.04. The zero-order valence-corrected chi connectivity index (χ0v) is 10.7. The quantitative estimate of drug-likeness (QED) is 0.833. The van der Waals surface area contributed by atoms with Crippen LogP contribution < -0.4 is 5.32 Å². The van der Waals surface area contributed by atoms with Crippen LogP contribution in [0.2, 0.25) is 0 Å². The van der Waals surface area contributed by atoms with E-state index >= 15 is 0 Å². The third-order valence-electron chi connectivity index (χ3n) is 2.42. The molecule has 0 aliphatic carbocycles. The molecule has 0 atom stereocenters. The number of amides is 1. The molecule has 0 aliphatic rings. The summed E-state index contributed by atoms with van der Waals surface area (Å²) in [5.41, 5.74) is 0.0598. The number of furan rings is 1. The number of rotatable bonds is 4. The highest BCUT2D eigenvalue weighted by molar-refractivity contribution is 6.01. The molecule has 0 saturated carbocycles. The molecule has 2 N–H and O–H groups in total. The van der Waals surface area contributed by atoms with Crippen LogP contribution in [0.25, 0.3) is 6.08 Å². The number of nitrogens with zero attached hydrogens (tertiary/aromatic N) is 1. The maximum absolute atomic E-state index is 11.6. The molecule has 2 rings (SSSR count). The van der Waals surface area contributed by atoms with E-state index in [9.17, 15) is 9.59 Å². The smallest absolute Gasteiger partial charge is 0.337 e. The Balaban J connectivity index is 1.97. The van der Waals surface area contributed by atoms with Gasteiger partial charge in [0.15, 0.2) is 0 Å². The van der Waals surface area contributed by atoms with E-state index < -0.39 is 5.97 Å².